The van der Waals surface area contributed by atoms with Crippen LogP contribution in [0.2, 0.25) is 0 Å². The summed E-state index contributed by atoms with van der Waals surface area (Å²) in [4.78, 5) is 40.4. The van der Waals surface area contributed by atoms with Crippen molar-refractivity contribution in [1.82, 2.24) is 0 Å². The predicted molar refractivity (Wildman–Crippen MR) is 135 cm³/mol. The lowest BCUT2D eigenvalue weighted by Gasteiger charge is -2.31. The van der Waals surface area contributed by atoms with Crippen molar-refractivity contribution >= 4 is 34.2 Å². The number of carbonyl (C=O) groups excluding carboxylic acids is 3. The van der Waals surface area contributed by atoms with Gasteiger partial charge in [0.05, 0.1) is 47.0 Å². The van der Waals surface area contributed by atoms with Crippen molar-refractivity contribution < 1.29 is 23.9 Å². The van der Waals surface area contributed by atoms with E-state index in [4.69, 9.17) is 15.2 Å². The van der Waals surface area contributed by atoms with Gasteiger partial charge in [0.15, 0.2) is 0 Å². The number of amides is 3. The Kier molecular flexibility index (Phi) is 5.11. The molecule has 0 unspecified atom stereocenters. The van der Waals surface area contributed by atoms with Gasteiger partial charge in [-0.1, -0.05) is 24.3 Å². The number of ether oxygens (including phenoxy) is 2. The molecule has 3 heterocycles. The zero-order chi connectivity index (χ0) is 25.9. The predicted octanol–water partition coefficient (Wildman–Crippen LogP) is 3.71. The number of primary amides is 1. The molecule has 4 atom stereocenters. The average molecular weight is 496 g/mol. The third-order valence-corrected chi connectivity index (χ3v) is 8.21. The lowest BCUT2D eigenvalue weighted by atomic mass is 9.67. The van der Waals surface area contributed by atoms with Crippen LogP contribution < -0.4 is 15.4 Å². The summed E-state index contributed by atoms with van der Waals surface area (Å²) in [5.41, 5.74) is 5.17. The highest BCUT2D eigenvalue weighted by atomic mass is 16.5. The van der Waals surface area contributed by atoms with Crippen LogP contribution >= 0.6 is 0 Å². The third-order valence-electron chi connectivity index (χ3n) is 8.21. The lowest BCUT2D eigenvalue weighted by Crippen LogP contribution is -2.43. The molecule has 37 heavy (non-hydrogen) atoms. The smallest absolute Gasteiger partial charge is 0.248 e. The van der Waals surface area contributed by atoms with Gasteiger partial charge in [-0.05, 0) is 56.2 Å². The van der Waals surface area contributed by atoms with E-state index in [2.05, 4.69) is 6.07 Å². The highest BCUT2D eigenvalue weighted by molar-refractivity contribution is 6.26. The first kappa shape index (κ1) is 23.2. The molecule has 0 spiro atoms. The average Bonchev–Trinajstić information content (AvgIpc) is 3.48. The molecule has 186 valence electrons. The van der Waals surface area contributed by atoms with Gasteiger partial charge in [-0.3, -0.25) is 14.4 Å². The van der Waals surface area contributed by atoms with E-state index in [9.17, 15) is 19.6 Å². The van der Waals surface area contributed by atoms with Gasteiger partial charge in [0, 0.05) is 22.8 Å². The lowest BCUT2D eigenvalue weighted by molar-refractivity contribution is -0.131. The maximum absolute atomic E-state index is 13.9. The van der Waals surface area contributed by atoms with E-state index < -0.39 is 28.9 Å². The SMILES string of the molecule is C[C@@]12CC[C@@](CCOc3ccc(C(N)=O)cc3)(O1)[C@H]1C(=O)N(c3ccc(C#N)c4ccccc34)C(=O)[C@H]12. The second kappa shape index (κ2) is 8.15. The van der Waals surface area contributed by atoms with Gasteiger partial charge in [-0.2, -0.15) is 5.26 Å². The van der Waals surface area contributed by atoms with Gasteiger partial charge in [0.25, 0.3) is 0 Å². The van der Waals surface area contributed by atoms with E-state index in [0.29, 0.717) is 52.6 Å². The molecule has 3 amide bonds. The van der Waals surface area contributed by atoms with Crippen LogP contribution in [0.5, 0.6) is 5.75 Å². The van der Waals surface area contributed by atoms with Crippen LogP contribution in [0.1, 0.15) is 42.1 Å². The Hall–Kier alpha value is -4.22. The standard InChI is InChI=1S/C29H25N3O5/c1-28-12-13-29(37-28,14-15-36-19-9-6-17(7-10-19)25(31)33)24-23(28)26(34)32(27(24)35)22-11-8-18(16-30)20-4-2-3-5-21(20)22/h2-11,23-24H,12-15H2,1H3,(H2,31,33)/t23-,24+,28-,29-/m0/s1. The molecule has 3 aromatic rings. The normalized spacial score (nSPS) is 27.9. The van der Waals surface area contributed by atoms with Crippen molar-refractivity contribution in [1.29, 1.82) is 5.26 Å². The highest BCUT2D eigenvalue weighted by Gasteiger charge is 2.73. The number of rotatable bonds is 6. The number of carbonyl (C=O) groups is 3. The molecule has 3 aliphatic rings. The van der Waals surface area contributed by atoms with E-state index >= 15 is 0 Å². The number of hydrogen-bond donors (Lipinski definition) is 1. The summed E-state index contributed by atoms with van der Waals surface area (Å²) < 4.78 is 12.4. The number of hydrogen-bond acceptors (Lipinski definition) is 6. The molecule has 3 aliphatic heterocycles. The fourth-order valence-corrected chi connectivity index (χ4v) is 6.48. The third kappa shape index (κ3) is 3.35. The number of nitrogens with zero attached hydrogens (tertiary/aromatic N) is 2. The van der Waals surface area contributed by atoms with E-state index in [-0.39, 0.29) is 18.4 Å². The fourth-order valence-electron chi connectivity index (χ4n) is 6.48. The van der Waals surface area contributed by atoms with Crippen molar-refractivity contribution in [2.24, 2.45) is 17.6 Å². The van der Waals surface area contributed by atoms with E-state index in [1.165, 1.54) is 4.90 Å². The van der Waals surface area contributed by atoms with Gasteiger partial charge < -0.3 is 15.2 Å². The number of nitrogens with two attached hydrogens (primary N) is 1. The number of fused-ring (bicyclic) bond motifs is 6. The van der Waals surface area contributed by atoms with Gasteiger partial charge in [0.2, 0.25) is 17.7 Å². The van der Waals surface area contributed by atoms with Gasteiger partial charge >= 0.3 is 0 Å². The van der Waals surface area contributed by atoms with Crippen LogP contribution in [0, 0.1) is 23.2 Å². The van der Waals surface area contributed by atoms with Gasteiger partial charge in [-0.15, -0.1) is 0 Å². The molecule has 2 N–H and O–H groups in total. The molecule has 0 radical (unpaired) electrons. The molecule has 8 nitrogen and oxygen atoms in total. The molecular weight excluding hydrogens is 470 g/mol. The maximum atomic E-state index is 13.9. The highest BCUT2D eigenvalue weighted by Crippen LogP contribution is 2.62. The van der Waals surface area contributed by atoms with Crippen LogP contribution in [0.25, 0.3) is 10.8 Å². The second-order valence-corrected chi connectivity index (χ2v) is 10.2. The van der Waals surface area contributed by atoms with Crippen LogP contribution in [0.4, 0.5) is 5.69 Å². The topological polar surface area (TPSA) is 123 Å². The van der Waals surface area contributed by atoms with Crippen LogP contribution in [-0.2, 0) is 14.3 Å². The zero-order valence-corrected chi connectivity index (χ0v) is 20.3. The molecule has 8 heteroatoms. The van der Waals surface area contributed by atoms with Crippen LogP contribution in [-0.4, -0.2) is 35.5 Å². The largest absolute Gasteiger partial charge is 0.493 e. The molecule has 3 saturated heterocycles. The number of benzene rings is 3. The molecule has 6 rings (SSSR count). The number of nitriles is 1. The summed E-state index contributed by atoms with van der Waals surface area (Å²) in [5, 5.41) is 10.9. The van der Waals surface area contributed by atoms with Crippen molar-refractivity contribution in [2.45, 2.75) is 37.4 Å². The zero-order valence-electron chi connectivity index (χ0n) is 20.3. The van der Waals surface area contributed by atoms with Crippen LogP contribution in [0.3, 0.4) is 0 Å². The second-order valence-electron chi connectivity index (χ2n) is 10.2. The van der Waals surface area contributed by atoms with E-state index in [1.807, 2.05) is 31.2 Å². The Morgan fingerprint density at radius 3 is 2.46 bits per heavy atom. The molecule has 0 saturated carbocycles. The fraction of sp³-hybridized carbons (Fsp3) is 0.310. The molecule has 3 aromatic carbocycles. The first-order valence-electron chi connectivity index (χ1n) is 12.3. The quantitative estimate of drug-likeness (QED) is 0.520. The summed E-state index contributed by atoms with van der Waals surface area (Å²) in [7, 11) is 0. The molecule has 0 aliphatic carbocycles. The summed E-state index contributed by atoms with van der Waals surface area (Å²) in [5.74, 6) is -1.62. The summed E-state index contributed by atoms with van der Waals surface area (Å²) in [6.45, 7) is 2.21. The van der Waals surface area contributed by atoms with Gasteiger partial charge in [-0.25, -0.2) is 4.90 Å². The Balaban J connectivity index is 1.29. The summed E-state index contributed by atoms with van der Waals surface area (Å²) in [6.07, 6.45) is 1.79. The molecule has 2 bridgehead atoms. The van der Waals surface area contributed by atoms with Crippen molar-refractivity contribution in [3.8, 4) is 11.8 Å². The number of imide groups is 1. The van der Waals surface area contributed by atoms with E-state index in [0.717, 1.165) is 0 Å². The Morgan fingerprint density at radius 1 is 1.05 bits per heavy atom. The maximum Gasteiger partial charge on any atom is 0.248 e. The minimum atomic E-state index is -0.795. The van der Waals surface area contributed by atoms with Crippen LogP contribution in [0.15, 0.2) is 60.7 Å². The van der Waals surface area contributed by atoms with Gasteiger partial charge in [0.1, 0.15) is 5.75 Å². The molecular formula is C29H25N3O5. The number of anilines is 1. The monoisotopic (exact) mass is 495 g/mol. The first-order chi connectivity index (χ1) is 17.8. The summed E-state index contributed by atoms with van der Waals surface area (Å²) in [6, 6.07) is 19.4. The Labute approximate surface area is 213 Å². The van der Waals surface area contributed by atoms with E-state index in [1.54, 1.807) is 36.4 Å². The summed E-state index contributed by atoms with van der Waals surface area (Å²) >= 11 is 0. The minimum absolute atomic E-state index is 0.253. The van der Waals surface area contributed by atoms with Crippen molar-refractivity contribution in [3.63, 3.8) is 0 Å². The van der Waals surface area contributed by atoms with Crippen molar-refractivity contribution in [2.75, 3.05) is 11.5 Å². The first-order valence-corrected chi connectivity index (χ1v) is 12.3. The minimum Gasteiger partial charge on any atom is -0.493 e. The Morgan fingerprint density at radius 2 is 1.76 bits per heavy atom. The van der Waals surface area contributed by atoms with Crippen molar-refractivity contribution in [3.05, 3.63) is 71.8 Å². The molecule has 3 fully saturated rings. The Bertz CT molecular complexity index is 1510. The molecule has 0 aromatic heterocycles.